The average Bonchev–Trinajstić information content (AvgIpc) is 3.32. The van der Waals surface area contributed by atoms with Crippen LogP contribution in [0.3, 0.4) is 0 Å². The van der Waals surface area contributed by atoms with Gasteiger partial charge in [0.15, 0.2) is 0 Å². The molecular weight excluding hydrogens is 364 g/mol. The van der Waals surface area contributed by atoms with Gasteiger partial charge in [0.1, 0.15) is 0 Å². The fourth-order valence-electron chi connectivity index (χ4n) is 4.57. The second-order valence-electron chi connectivity index (χ2n) is 8.01. The van der Waals surface area contributed by atoms with E-state index in [9.17, 15) is 9.59 Å². The Morgan fingerprint density at radius 1 is 1.24 bits per heavy atom. The van der Waals surface area contributed by atoms with Crippen molar-refractivity contribution < 1.29 is 14.6 Å². The molecule has 2 N–H and O–H groups in total. The van der Waals surface area contributed by atoms with E-state index in [0.29, 0.717) is 18.3 Å². The molecule has 0 aromatic carbocycles. The molecule has 0 bridgehead atoms. The molecule has 2 aliphatic heterocycles. The molecule has 1 aliphatic carbocycles. The lowest BCUT2D eigenvalue weighted by Gasteiger charge is -2.15. The summed E-state index contributed by atoms with van der Waals surface area (Å²) in [5, 5.41) is 2.83. The number of allylic oxidation sites excluding steroid dienone is 1. The van der Waals surface area contributed by atoms with Crippen LogP contribution >= 0.6 is 0 Å². The predicted molar refractivity (Wildman–Crippen MR) is 109 cm³/mol. The lowest BCUT2D eigenvalue weighted by Crippen LogP contribution is -2.27. The Labute approximate surface area is 169 Å². The number of hydrogen-bond acceptors (Lipinski definition) is 3. The molecule has 1 saturated heterocycles. The summed E-state index contributed by atoms with van der Waals surface area (Å²) in [5.41, 5.74) is 4.63. The number of H-pyrrole nitrogens is 1. The van der Waals surface area contributed by atoms with Gasteiger partial charge >= 0.3 is 5.91 Å². The van der Waals surface area contributed by atoms with Crippen LogP contribution in [0.5, 0.6) is 0 Å². The minimum atomic E-state index is 0.0351. The van der Waals surface area contributed by atoms with Crippen LogP contribution in [-0.2, 0) is 16.0 Å². The summed E-state index contributed by atoms with van der Waals surface area (Å²) in [7, 11) is 0. The summed E-state index contributed by atoms with van der Waals surface area (Å²) < 4.78 is 0. The fourth-order valence-corrected chi connectivity index (χ4v) is 4.57. The number of anilines is 1. The summed E-state index contributed by atoms with van der Waals surface area (Å²) in [6.45, 7) is 1.59. The molecular formula is C23H23N4O2+. The van der Waals surface area contributed by atoms with E-state index in [0.717, 1.165) is 42.9 Å². The number of amides is 2. The molecule has 29 heavy (non-hydrogen) atoms. The van der Waals surface area contributed by atoms with Crippen molar-refractivity contribution in [2.75, 3.05) is 18.4 Å². The average molecular weight is 387 g/mol. The number of aromatic amines is 1. The van der Waals surface area contributed by atoms with E-state index in [-0.39, 0.29) is 11.8 Å². The molecule has 0 saturated carbocycles. The first-order valence-corrected chi connectivity index (χ1v) is 10.1. The Kier molecular flexibility index (Phi) is 4.46. The van der Waals surface area contributed by atoms with Crippen molar-refractivity contribution in [3.05, 3.63) is 65.6 Å². The molecule has 146 valence electrons. The lowest BCUT2D eigenvalue weighted by atomic mass is 9.99. The van der Waals surface area contributed by atoms with Gasteiger partial charge in [0.25, 0.3) is 5.82 Å². The number of rotatable bonds is 3. The van der Waals surface area contributed by atoms with Gasteiger partial charge < -0.3 is 4.90 Å². The zero-order chi connectivity index (χ0) is 19.8. The Morgan fingerprint density at radius 3 is 2.93 bits per heavy atom. The molecule has 0 unspecified atom stereocenters. The zero-order valence-corrected chi connectivity index (χ0v) is 16.1. The van der Waals surface area contributed by atoms with E-state index in [1.807, 2.05) is 35.6 Å². The van der Waals surface area contributed by atoms with Crippen molar-refractivity contribution >= 4 is 29.3 Å². The zero-order valence-electron chi connectivity index (χ0n) is 16.1. The van der Waals surface area contributed by atoms with Gasteiger partial charge in [-0.2, -0.15) is 0 Å². The second kappa shape index (κ2) is 7.28. The maximum Gasteiger partial charge on any atom is 0.307 e. The highest BCUT2D eigenvalue weighted by Gasteiger charge is 2.37. The van der Waals surface area contributed by atoms with Crippen molar-refractivity contribution in [3.63, 3.8) is 0 Å². The van der Waals surface area contributed by atoms with Crippen LogP contribution in [0.4, 0.5) is 5.82 Å². The fraction of sp³-hybridized carbons (Fsp3) is 0.304. The lowest BCUT2D eigenvalue weighted by molar-refractivity contribution is -0.361. The van der Waals surface area contributed by atoms with Crippen molar-refractivity contribution in [3.8, 4) is 0 Å². The van der Waals surface area contributed by atoms with E-state index in [4.69, 9.17) is 0 Å². The highest BCUT2D eigenvalue weighted by molar-refractivity contribution is 5.93. The van der Waals surface area contributed by atoms with Crippen LogP contribution in [0.25, 0.3) is 11.6 Å². The molecule has 0 spiro atoms. The summed E-state index contributed by atoms with van der Waals surface area (Å²) in [6.07, 6.45) is 13.6. The molecule has 6 heteroatoms. The highest BCUT2D eigenvalue weighted by Crippen LogP contribution is 2.40. The van der Waals surface area contributed by atoms with E-state index < -0.39 is 0 Å². The first-order valence-electron chi connectivity index (χ1n) is 10.1. The monoisotopic (exact) mass is 387 g/mol. The van der Waals surface area contributed by atoms with Gasteiger partial charge in [-0.1, -0.05) is 6.08 Å². The van der Waals surface area contributed by atoms with E-state index in [1.54, 1.807) is 6.08 Å². The van der Waals surface area contributed by atoms with Crippen molar-refractivity contribution in [1.82, 2.24) is 9.88 Å². The van der Waals surface area contributed by atoms with Crippen molar-refractivity contribution in [2.24, 2.45) is 11.8 Å². The standard InChI is InChI=1S/C23H22N4O2/c28-21-3-2-17-9-15(12-25-23(17)26-21)1-4-22(29)27-13-19-10-18(11-20(19)14-27)16-5-7-24-8-6-16/h1,4-10,12,19-20H,2-3,11,13-14H2,(H,25,26,28)/p+1/b4-1+/t19-,20+/m1/s1. The summed E-state index contributed by atoms with van der Waals surface area (Å²) in [6, 6.07) is 6.14. The third kappa shape index (κ3) is 3.58. The number of aryl methyl sites for hydroxylation is 1. The number of nitrogens with one attached hydrogen (secondary N) is 2. The number of carbonyl (C=O) groups is 2. The summed E-state index contributed by atoms with van der Waals surface area (Å²) >= 11 is 0. The molecule has 6 nitrogen and oxygen atoms in total. The Hall–Kier alpha value is -3.28. The van der Waals surface area contributed by atoms with Gasteiger partial charge in [-0.15, -0.1) is 0 Å². The number of fused-ring (bicyclic) bond motifs is 2. The van der Waals surface area contributed by atoms with Crippen LogP contribution in [-0.4, -0.2) is 34.8 Å². The third-order valence-corrected chi connectivity index (χ3v) is 6.10. The van der Waals surface area contributed by atoms with Gasteiger partial charge in [0.2, 0.25) is 5.91 Å². The first-order chi connectivity index (χ1) is 14.2. The second-order valence-corrected chi connectivity index (χ2v) is 8.01. The smallest absolute Gasteiger partial charge is 0.307 e. The molecule has 4 heterocycles. The molecule has 1 fully saturated rings. The third-order valence-electron chi connectivity index (χ3n) is 6.10. The topological polar surface area (TPSA) is 76.4 Å². The Balaban J connectivity index is 1.23. The van der Waals surface area contributed by atoms with Gasteiger partial charge in [-0.25, -0.2) is 15.1 Å². The highest BCUT2D eigenvalue weighted by atomic mass is 16.2. The number of pyridine rings is 2. The minimum absolute atomic E-state index is 0.0351. The summed E-state index contributed by atoms with van der Waals surface area (Å²) in [4.78, 5) is 33.3. The van der Waals surface area contributed by atoms with Gasteiger partial charge in [-0.3, -0.25) is 9.78 Å². The Morgan fingerprint density at radius 2 is 2.10 bits per heavy atom. The van der Waals surface area contributed by atoms with Gasteiger partial charge in [-0.05, 0) is 60.1 Å². The van der Waals surface area contributed by atoms with Crippen molar-refractivity contribution in [2.45, 2.75) is 19.3 Å². The van der Waals surface area contributed by atoms with Gasteiger partial charge in [0, 0.05) is 42.7 Å². The summed E-state index contributed by atoms with van der Waals surface area (Å²) in [5.74, 6) is 1.80. The molecule has 3 aliphatic rings. The van der Waals surface area contributed by atoms with Crippen molar-refractivity contribution in [1.29, 1.82) is 0 Å². The number of hydrogen-bond donors (Lipinski definition) is 1. The van der Waals surface area contributed by atoms with Crippen LogP contribution in [0.15, 0.2) is 48.9 Å². The predicted octanol–water partition coefficient (Wildman–Crippen LogP) is 2.36. The van der Waals surface area contributed by atoms with Crippen LogP contribution < -0.4 is 10.3 Å². The minimum Gasteiger partial charge on any atom is -0.338 e. The first kappa shape index (κ1) is 17.8. The van der Waals surface area contributed by atoms with Gasteiger partial charge in [0.05, 0.1) is 12.6 Å². The SMILES string of the molecule is O=C1CCc2cc(/C=C/C(=O)N3C[C@@H]4CC(c5ccncc5)=C[C@@H]4C3)c[nH+]c2N1. The molecule has 0 radical (unpaired) electrons. The molecule has 2 aromatic rings. The van der Waals surface area contributed by atoms with E-state index in [2.05, 4.69) is 33.5 Å². The quantitative estimate of drug-likeness (QED) is 0.822. The number of carbonyl (C=O) groups excluding carboxylic acids is 2. The van der Waals surface area contributed by atoms with E-state index >= 15 is 0 Å². The molecule has 2 aromatic heterocycles. The molecule has 2 atom stereocenters. The maximum absolute atomic E-state index is 12.7. The molecule has 5 rings (SSSR count). The van der Waals surface area contributed by atoms with Crippen LogP contribution in [0.2, 0.25) is 0 Å². The maximum atomic E-state index is 12.7. The van der Waals surface area contributed by atoms with Crippen LogP contribution in [0, 0.1) is 11.8 Å². The Bertz CT molecular complexity index is 1030. The largest absolute Gasteiger partial charge is 0.338 e. The number of aromatic nitrogens is 2. The normalized spacial score (nSPS) is 23.0. The molecule has 2 amide bonds. The number of nitrogens with zero attached hydrogens (tertiary/aromatic N) is 2. The van der Waals surface area contributed by atoms with Crippen LogP contribution in [0.1, 0.15) is 29.5 Å². The number of likely N-dealkylation sites (tertiary alicyclic amines) is 1. The van der Waals surface area contributed by atoms with E-state index in [1.165, 1.54) is 11.1 Å².